The lowest BCUT2D eigenvalue weighted by Gasteiger charge is -2.32. The van der Waals surface area contributed by atoms with E-state index in [2.05, 4.69) is 5.32 Å². The molecular weight excluding hydrogens is 538 g/mol. The summed E-state index contributed by atoms with van der Waals surface area (Å²) in [7, 11) is -2.69. The zero-order valence-corrected chi connectivity index (χ0v) is 23.9. The Hall–Kier alpha value is -3.56. The Bertz CT molecular complexity index is 1350. The summed E-state index contributed by atoms with van der Waals surface area (Å²) in [6, 6.07) is 21.0. The second-order valence-corrected chi connectivity index (χ2v) is 11.3. The molecule has 39 heavy (non-hydrogen) atoms. The number of sulfonamides is 1. The van der Waals surface area contributed by atoms with Gasteiger partial charge in [0.15, 0.2) is 0 Å². The van der Waals surface area contributed by atoms with E-state index in [1.165, 1.54) is 42.3 Å². The number of hydrogen-bond donors (Lipinski definition) is 1. The summed E-state index contributed by atoms with van der Waals surface area (Å²) in [5.41, 5.74) is 1.23. The van der Waals surface area contributed by atoms with Crippen LogP contribution in [0.1, 0.15) is 25.8 Å². The van der Waals surface area contributed by atoms with Gasteiger partial charge in [0.05, 0.1) is 17.7 Å². The quantitative estimate of drug-likeness (QED) is 0.325. The fraction of sp³-hybridized carbons (Fsp3) is 0.310. The van der Waals surface area contributed by atoms with Crippen molar-refractivity contribution in [3.63, 3.8) is 0 Å². The molecule has 0 saturated heterocycles. The first-order valence-electron chi connectivity index (χ1n) is 12.7. The van der Waals surface area contributed by atoms with Crippen molar-refractivity contribution in [2.75, 3.05) is 31.0 Å². The van der Waals surface area contributed by atoms with E-state index >= 15 is 0 Å². The maximum atomic E-state index is 13.8. The van der Waals surface area contributed by atoms with Crippen molar-refractivity contribution >= 4 is 39.1 Å². The summed E-state index contributed by atoms with van der Waals surface area (Å²) in [4.78, 5) is 28.1. The van der Waals surface area contributed by atoms with E-state index in [0.29, 0.717) is 23.7 Å². The Kier molecular flexibility index (Phi) is 10.8. The third-order valence-corrected chi connectivity index (χ3v) is 8.25. The third-order valence-electron chi connectivity index (χ3n) is 6.22. The van der Waals surface area contributed by atoms with Crippen molar-refractivity contribution in [3.8, 4) is 5.75 Å². The highest BCUT2D eigenvalue weighted by atomic mass is 35.5. The Balaban J connectivity index is 1.97. The SMILES string of the molecule is CCCNC(=O)C(C)N(CCc1ccccc1)C(=O)CN(c1cccc(Cl)c1)S(=O)(=O)c1ccc(OC)cc1. The van der Waals surface area contributed by atoms with Crippen LogP contribution in [0.5, 0.6) is 5.75 Å². The van der Waals surface area contributed by atoms with Crippen LogP contribution in [0.15, 0.2) is 83.8 Å². The molecule has 0 aliphatic rings. The number of carbonyl (C=O) groups is 2. The Morgan fingerprint density at radius 3 is 2.31 bits per heavy atom. The fourth-order valence-electron chi connectivity index (χ4n) is 4.00. The second-order valence-electron chi connectivity index (χ2n) is 8.96. The van der Waals surface area contributed by atoms with Crippen molar-refractivity contribution in [2.45, 2.75) is 37.6 Å². The molecule has 3 aromatic carbocycles. The molecule has 0 aliphatic heterocycles. The summed E-state index contributed by atoms with van der Waals surface area (Å²) >= 11 is 6.20. The van der Waals surface area contributed by atoms with Gasteiger partial charge in [-0.25, -0.2) is 8.42 Å². The second kappa shape index (κ2) is 14.0. The fourth-order valence-corrected chi connectivity index (χ4v) is 5.59. The minimum Gasteiger partial charge on any atom is -0.497 e. The molecule has 3 aromatic rings. The van der Waals surface area contributed by atoms with E-state index in [1.54, 1.807) is 25.1 Å². The highest BCUT2D eigenvalue weighted by Crippen LogP contribution is 2.27. The van der Waals surface area contributed by atoms with Gasteiger partial charge in [0.2, 0.25) is 11.8 Å². The number of carbonyl (C=O) groups excluding carboxylic acids is 2. The van der Waals surface area contributed by atoms with E-state index in [1.807, 2.05) is 37.3 Å². The number of nitrogens with zero attached hydrogens (tertiary/aromatic N) is 2. The van der Waals surface area contributed by atoms with Crippen molar-refractivity contribution in [2.24, 2.45) is 0 Å². The van der Waals surface area contributed by atoms with Gasteiger partial charge in [-0.3, -0.25) is 13.9 Å². The number of methoxy groups -OCH3 is 1. The minimum atomic E-state index is -4.18. The van der Waals surface area contributed by atoms with Gasteiger partial charge in [-0.1, -0.05) is 54.9 Å². The average molecular weight is 572 g/mol. The topological polar surface area (TPSA) is 96.0 Å². The van der Waals surface area contributed by atoms with E-state index in [-0.39, 0.29) is 23.0 Å². The highest BCUT2D eigenvalue weighted by Gasteiger charge is 2.32. The van der Waals surface area contributed by atoms with E-state index in [0.717, 1.165) is 16.3 Å². The third kappa shape index (κ3) is 7.97. The molecule has 3 rings (SSSR count). The number of halogens is 1. The summed E-state index contributed by atoms with van der Waals surface area (Å²) in [5, 5.41) is 3.15. The summed E-state index contributed by atoms with van der Waals surface area (Å²) in [5.74, 6) is -0.314. The summed E-state index contributed by atoms with van der Waals surface area (Å²) in [6.07, 6.45) is 1.25. The van der Waals surface area contributed by atoms with Gasteiger partial charge in [0.1, 0.15) is 18.3 Å². The molecule has 1 unspecified atom stereocenters. The molecule has 208 valence electrons. The first kappa shape index (κ1) is 30.0. The molecule has 0 heterocycles. The first-order chi connectivity index (χ1) is 18.7. The van der Waals surface area contributed by atoms with Crippen LogP contribution in [0.25, 0.3) is 0 Å². The van der Waals surface area contributed by atoms with E-state index < -0.39 is 28.5 Å². The largest absolute Gasteiger partial charge is 0.497 e. The monoisotopic (exact) mass is 571 g/mol. The van der Waals surface area contributed by atoms with Crippen LogP contribution in [0.2, 0.25) is 5.02 Å². The lowest BCUT2D eigenvalue weighted by Crippen LogP contribution is -2.52. The Labute approximate surface area is 235 Å². The predicted molar refractivity (Wildman–Crippen MR) is 154 cm³/mol. The molecular formula is C29H34ClN3O5S. The molecule has 0 radical (unpaired) electrons. The molecule has 8 nitrogen and oxygen atoms in total. The van der Waals surface area contributed by atoms with Crippen LogP contribution in [-0.4, -0.2) is 57.9 Å². The number of hydrogen-bond acceptors (Lipinski definition) is 5. The Morgan fingerprint density at radius 1 is 1.00 bits per heavy atom. The molecule has 0 saturated carbocycles. The summed E-state index contributed by atoms with van der Waals surface area (Å²) in [6.45, 7) is 3.78. The van der Waals surface area contributed by atoms with Crippen LogP contribution in [0.3, 0.4) is 0 Å². The number of nitrogens with one attached hydrogen (secondary N) is 1. The molecule has 0 bridgehead atoms. The lowest BCUT2D eigenvalue weighted by molar-refractivity contribution is -0.138. The zero-order chi connectivity index (χ0) is 28.4. The maximum Gasteiger partial charge on any atom is 0.264 e. The Morgan fingerprint density at radius 2 is 1.69 bits per heavy atom. The number of benzene rings is 3. The van der Waals surface area contributed by atoms with Crippen molar-refractivity contribution in [3.05, 3.63) is 89.4 Å². The van der Waals surface area contributed by atoms with Gasteiger partial charge < -0.3 is 15.0 Å². The number of anilines is 1. The van der Waals surface area contributed by atoms with E-state index in [9.17, 15) is 18.0 Å². The van der Waals surface area contributed by atoms with Crippen LogP contribution in [0.4, 0.5) is 5.69 Å². The zero-order valence-electron chi connectivity index (χ0n) is 22.3. The van der Waals surface area contributed by atoms with Crippen LogP contribution in [0, 0.1) is 0 Å². The minimum absolute atomic E-state index is 0.0133. The van der Waals surface area contributed by atoms with Gasteiger partial charge in [0.25, 0.3) is 10.0 Å². The number of rotatable bonds is 13. The molecule has 0 spiro atoms. The van der Waals surface area contributed by atoms with Gasteiger partial charge in [-0.15, -0.1) is 0 Å². The normalized spacial score (nSPS) is 11.9. The lowest BCUT2D eigenvalue weighted by atomic mass is 10.1. The number of amides is 2. The van der Waals surface area contributed by atoms with Crippen LogP contribution < -0.4 is 14.4 Å². The number of ether oxygens (including phenoxy) is 1. The molecule has 0 aliphatic carbocycles. The molecule has 10 heteroatoms. The van der Waals surface area contributed by atoms with Gasteiger partial charge in [-0.05, 0) is 67.8 Å². The van der Waals surface area contributed by atoms with Gasteiger partial charge in [0, 0.05) is 18.1 Å². The molecule has 1 N–H and O–H groups in total. The standard InChI is InChI=1S/C29H34ClN3O5S/c1-4-18-31-29(35)22(2)32(19-17-23-9-6-5-7-10-23)28(34)21-33(25-12-8-11-24(30)20-25)39(36,37)27-15-13-26(38-3)14-16-27/h5-16,20,22H,4,17-19,21H2,1-3H3,(H,31,35). The van der Waals surface area contributed by atoms with Crippen molar-refractivity contribution in [1.82, 2.24) is 10.2 Å². The molecule has 0 fully saturated rings. The van der Waals surface area contributed by atoms with Crippen LogP contribution in [-0.2, 0) is 26.0 Å². The average Bonchev–Trinajstić information content (AvgIpc) is 2.95. The van der Waals surface area contributed by atoms with Crippen LogP contribution >= 0.6 is 11.6 Å². The molecule has 1 atom stereocenters. The first-order valence-corrected chi connectivity index (χ1v) is 14.5. The maximum absolute atomic E-state index is 13.8. The smallest absolute Gasteiger partial charge is 0.264 e. The molecule has 2 amide bonds. The van der Waals surface area contributed by atoms with E-state index in [4.69, 9.17) is 16.3 Å². The van der Waals surface area contributed by atoms with Gasteiger partial charge >= 0.3 is 0 Å². The summed E-state index contributed by atoms with van der Waals surface area (Å²) < 4.78 is 33.8. The van der Waals surface area contributed by atoms with Crippen molar-refractivity contribution in [1.29, 1.82) is 0 Å². The van der Waals surface area contributed by atoms with Crippen molar-refractivity contribution < 1.29 is 22.7 Å². The highest BCUT2D eigenvalue weighted by molar-refractivity contribution is 7.92. The van der Waals surface area contributed by atoms with Gasteiger partial charge in [-0.2, -0.15) is 0 Å². The molecule has 0 aromatic heterocycles. The predicted octanol–water partition coefficient (Wildman–Crippen LogP) is 4.53.